The van der Waals surface area contributed by atoms with E-state index in [4.69, 9.17) is 4.74 Å². The van der Waals surface area contributed by atoms with E-state index < -0.39 is 11.6 Å². The van der Waals surface area contributed by atoms with Crippen LogP contribution in [0.15, 0.2) is 12.1 Å². The summed E-state index contributed by atoms with van der Waals surface area (Å²) in [6.07, 6.45) is 0. The molecule has 1 N–H and O–H groups in total. The third-order valence-electron chi connectivity index (χ3n) is 3.10. The number of methoxy groups -OCH3 is 1. The van der Waals surface area contributed by atoms with Crippen molar-refractivity contribution >= 4 is 5.69 Å². The number of halogens is 2. The zero-order valence-corrected chi connectivity index (χ0v) is 11.5. The molecule has 5 heteroatoms. The molecule has 0 heterocycles. The fraction of sp³-hybridized carbons (Fsp3) is 0.538. The minimum atomic E-state index is -0.569. The maximum atomic E-state index is 13.9. The second-order valence-corrected chi connectivity index (χ2v) is 4.84. The average Bonchev–Trinajstić information content (AvgIpc) is 2.30. The molecule has 0 aliphatic heterocycles. The normalized spacial score (nSPS) is 11.5. The fourth-order valence-corrected chi connectivity index (χ4v) is 1.81. The Morgan fingerprint density at radius 2 is 1.89 bits per heavy atom. The van der Waals surface area contributed by atoms with Crippen molar-refractivity contribution in [1.82, 2.24) is 5.32 Å². The SMILES string of the molecule is CNCC(C)(C)N(C)c1cc(F)c(OC)cc1F. The molecule has 1 aromatic rings. The molecular formula is C13H20F2N2O. The van der Waals surface area contributed by atoms with Gasteiger partial charge < -0.3 is 15.0 Å². The van der Waals surface area contributed by atoms with Crippen molar-refractivity contribution in [1.29, 1.82) is 0 Å². The highest BCUT2D eigenvalue weighted by Crippen LogP contribution is 2.30. The predicted octanol–water partition coefficient (Wildman–Crippen LogP) is 2.41. The molecule has 0 atom stereocenters. The first-order valence-electron chi connectivity index (χ1n) is 5.75. The Bertz CT molecular complexity index is 422. The molecule has 0 spiro atoms. The van der Waals surface area contributed by atoms with Gasteiger partial charge in [-0.2, -0.15) is 0 Å². The van der Waals surface area contributed by atoms with Crippen LogP contribution >= 0.6 is 0 Å². The number of rotatable bonds is 5. The van der Waals surface area contributed by atoms with E-state index in [0.717, 1.165) is 12.1 Å². The molecule has 0 aromatic heterocycles. The molecule has 0 aliphatic rings. The highest BCUT2D eigenvalue weighted by atomic mass is 19.1. The summed E-state index contributed by atoms with van der Waals surface area (Å²) in [4.78, 5) is 1.71. The highest BCUT2D eigenvalue weighted by Gasteiger charge is 2.26. The maximum Gasteiger partial charge on any atom is 0.167 e. The maximum absolute atomic E-state index is 13.9. The third-order valence-corrected chi connectivity index (χ3v) is 3.10. The number of benzene rings is 1. The van der Waals surface area contributed by atoms with Crippen LogP contribution in [0.5, 0.6) is 5.75 Å². The number of nitrogens with one attached hydrogen (secondary N) is 1. The summed E-state index contributed by atoms with van der Waals surface area (Å²) in [7, 11) is 4.87. The largest absolute Gasteiger partial charge is 0.494 e. The Morgan fingerprint density at radius 3 is 2.39 bits per heavy atom. The van der Waals surface area contributed by atoms with Crippen LogP contribution in [0.3, 0.4) is 0 Å². The molecule has 0 saturated carbocycles. The molecule has 0 radical (unpaired) electrons. The number of hydrogen-bond acceptors (Lipinski definition) is 3. The standard InChI is InChI=1S/C13H20F2N2O/c1-13(2,8-16-3)17(4)11-6-10(15)12(18-5)7-9(11)14/h6-7,16H,8H2,1-5H3. The van der Waals surface area contributed by atoms with Crippen LogP contribution in [0.2, 0.25) is 0 Å². The molecule has 102 valence electrons. The van der Waals surface area contributed by atoms with Gasteiger partial charge in [-0.05, 0) is 20.9 Å². The van der Waals surface area contributed by atoms with E-state index in [2.05, 4.69) is 5.32 Å². The van der Waals surface area contributed by atoms with Crippen molar-refractivity contribution in [2.24, 2.45) is 0 Å². The molecule has 0 aliphatic carbocycles. The topological polar surface area (TPSA) is 24.5 Å². The Labute approximate surface area is 107 Å². The minimum Gasteiger partial charge on any atom is -0.494 e. The second-order valence-electron chi connectivity index (χ2n) is 4.84. The van der Waals surface area contributed by atoms with Crippen LogP contribution in [-0.2, 0) is 0 Å². The van der Waals surface area contributed by atoms with Gasteiger partial charge >= 0.3 is 0 Å². The van der Waals surface area contributed by atoms with Gasteiger partial charge in [0.2, 0.25) is 0 Å². The van der Waals surface area contributed by atoms with Gasteiger partial charge in [-0.3, -0.25) is 0 Å². The second kappa shape index (κ2) is 5.52. The summed E-state index contributed by atoms with van der Waals surface area (Å²) in [5.74, 6) is -1.16. The molecule has 3 nitrogen and oxygen atoms in total. The van der Waals surface area contributed by atoms with E-state index in [1.54, 1.807) is 11.9 Å². The number of nitrogens with zero attached hydrogens (tertiary/aromatic N) is 1. The minimum absolute atomic E-state index is 0.0870. The van der Waals surface area contributed by atoms with Crippen LogP contribution < -0.4 is 15.0 Å². The first-order chi connectivity index (χ1) is 8.33. The molecule has 1 aromatic carbocycles. The smallest absolute Gasteiger partial charge is 0.167 e. The molecular weight excluding hydrogens is 238 g/mol. The van der Waals surface area contributed by atoms with Gasteiger partial charge in [-0.15, -0.1) is 0 Å². The zero-order valence-electron chi connectivity index (χ0n) is 11.5. The Balaban J connectivity index is 3.13. The number of anilines is 1. The molecule has 0 unspecified atom stereocenters. The Kier molecular flexibility index (Phi) is 4.51. The zero-order chi connectivity index (χ0) is 13.9. The average molecular weight is 258 g/mol. The third kappa shape index (κ3) is 2.90. The van der Waals surface area contributed by atoms with Crippen molar-refractivity contribution in [3.63, 3.8) is 0 Å². The van der Waals surface area contributed by atoms with Gasteiger partial charge in [-0.25, -0.2) is 8.78 Å². The van der Waals surface area contributed by atoms with Gasteiger partial charge in [-0.1, -0.05) is 0 Å². The first-order valence-corrected chi connectivity index (χ1v) is 5.75. The van der Waals surface area contributed by atoms with Crippen LogP contribution in [0, 0.1) is 11.6 Å². The van der Waals surface area contributed by atoms with Crippen molar-refractivity contribution in [2.75, 3.05) is 32.6 Å². The summed E-state index contributed by atoms with van der Waals surface area (Å²) >= 11 is 0. The summed E-state index contributed by atoms with van der Waals surface area (Å²) in [5, 5.41) is 3.03. The summed E-state index contributed by atoms with van der Waals surface area (Å²) in [5.41, 5.74) is -0.120. The van der Waals surface area contributed by atoms with E-state index in [1.807, 2.05) is 20.9 Å². The first kappa shape index (κ1) is 14.7. The monoisotopic (exact) mass is 258 g/mol. The molecule has 0 amide bonds. The van der Waals surface area contributed by atoms with Gasteiger partial charge in [0.15, 0.2) is 11.6 Å². The molecule has 0 saturated heterocycles. The fourth-order valence-electron chi connectivity index (χ4n) is 1.81. The van der Waals surface area contributed by atoms with Crippen LogP contribution in [-0.4, -0.2) is 33.3 Å². The molecule has 1 rings (SSSR count). The molecule has 0 fully saturated rings. The van der Waals surface area contributed by atoms with Gasteiger partial charge in [0.05, 0.1) is 12.8 Å². The van der Waals surface area contributed by atoms with Gasteiger partial charge in [0, 0.05) is 31.3 Å². The lowest BCUT2D eigenvalue weighted by atomic mass is 10.0. The van der Waals surface area contributed by atoms with Crippen molar-refractivity contribution in [2.45, 2.75) is 19.4 Å². The van der Waals surface area contributed by atoms with Crippen molar-refractivity contribution in [3.8, 4) is 5.75 Å². The number of ether oxygens (including phenoxy) is 1. The van der Waals surface area contributed by atoms with Gasteiger partial charge in [0.25, 0.3) is 0 Å². The van der Waals surface area contributed by atoms with Crippen molar-refractivity contribution in [3.05, 3.63) is 23.8 Å². The lowest BCUT2D eigenvalue weighted by Crippen LogP contribution is -2.48. The van der Waals surface area contributed by atoms with Crippen molar-refractivity contribution < 1.29 is 13.5 Å². The van der Waals surface area contributed by atoms with Crippen LogP contribution in [0.1, 0.15) is 13.8 Å². The summed E-state index contributed by atoms with van der Waals surface area (Å²) in [6.45, 7) is 4.55. The van der Waals surface area contributed by atoms with Crippen LogP contribution in [0.25, 0.3) is 0 Å². The van der Waals surface area contributed by atoms with Gasteiger partial charge in [0.1, 0.15) is 5.82 Å². The highest BCUT2D eigenvalue weighted by molar-refractivity contribution is 5.52. The van der Waals surface area contributed by atoms with E-state index >= 15 is 0 Å². The Hall–Kier alpha value is -1.36. The number of likely N-dealkylation sites (N-methyl/N-ethyl adjacent to an activating group) is 2. The quantitative estimate of drug-likeness (QED) is 0.877. The number of hydrogen-bond donors (Lipinski definition) is 1. The summed E-state index contributed by atoms with van der Waals surface area (Å²) in [6, 6.07) is 2.22. The predicted molar refractivity (Wildman–Crippen MR) is 69.3 cm³/mol. The summed E-state index contributed by atoms with van der Waals surface area (Å²) < 4.78 is 32.3. The van der Waals surface area contributed by atoms with E-state index in [-0.39, 0.29) is 17.0 Å². The lowest BCUT2D eigenvalue weighted by molar-refractivity contribution is 0.381. The van der Waals surface area contributed by atoms with E-state index in [0.29, 0.717) is 6.54 Å². The van der Waals surface area contributed by atoms with E-state index in [1.165, 1.54) is 7.11 Å². The molecule has 18 heavy (non-hydrogen) atoms. The van der Waals surface area contributed by atoms with Crippen LogP contribution in [0.4, 0.5) is 14.5 Å². The van der Waals surface area contributed by atoms with E-state index in [9.17, 15) is 8.78 Å². The Morgan fingerprint density at radius 1 is 1.28 bits per heavy atom. The lowest BCUT2D eigenvalue weighted by Gasteiger charge is -2.37. The molecule has 0 bridgehead atoms.